The monoisotopic (exact) mass is 358 g/mol. The summed E-state index contributed by atoms with van der Waals surface area (Å²) in [4.78, 5) is 20.5. The minimum atomic E-state index is -0.250. The topological polar surface area (TPSA) is 80.0 Å². The van der Waals surface area contributed by atoms with Crippen LogP contribution in [-0.2, 0) is 13.1 Å². The summed E-state index contributed by atoms with van der Waals surface area (Å²) in [6, 6.07) is 15.2. The predicted molar refractivity (Wildman–Crippen MR) is 103 cm³/mol. The number of aromatic nitrogens is 2. The van der Waals surface area contributed by atoms with E-state index >= 15 is 0 Å². The van der Waals surface area contributed by atoms with E-state index in [4.69, 9.17) is 4.42 Å². The molecule has 3 aromatic heterocycles. The first kappa shape index (κ1) is 16.8. The number of nitrogens with one attached hydrogen (secondary N) is 2. The van der Waals surface area contributed by atoms with Gasteiger partial charge in [0.1, 0.15) is 5.58 Å². The number of carbonyl (C=O) groups excluding carboxylic acids is 1. The molecule has 0 bridgehead atoms. The first-order valence-corrected chi connectivity index (χ1v) is 8.61. The molecule has 0 aliphatic carbocycles. The standard InChI is InChI=1S/C21H18N4O2/c26-21(25-14-16-4-2-8-23-12-16)20-10-17-9-18(5-6-19(17)27-20)24-13-15-3-1-7-22-11-15/h1-12,24H,13-14H2,(H,25,26). The third-order valence-corrected chi connectivity index (χ3v) is 4.14. The molecule has 0 spiro atoms. The highest BCUT2D eigenvalue weighted by atomic mass is 16.3. The predicted octanol–water partition coefficient (Wildman–Crippen LogP) is 3.76. The number of anilines is 1. The van der Waals surface area contributed by atoms with Crippen molar-refractivity contribution in [2.75, 3.05) is 5.32 Å². The molecule has 0 atom stereocenters. The molecule has 0 aliphatic heterocycles. The second kappa shape index (κ2) is 7.70. The number of rotatable bonds is 6. The summed E-state index contributed by atoms with van der Waals surface area (Å²) in [7, 11) is 0. The van der Waals surface area contributed by atoms with Crippen molar-refractivity contribution in [1.29, 1.82) is 0 Å². The van der Waals surface area contributed by atoms with Crippen LogP contribution in [0.5, 0.6) is 0 Å². The van der Waals surface area contributed by atoms with E-state index in [1.165, 1.54) is 0 Å². The Balaban J connectivity index is 1.43. The van der Waals surface area contributed by atoms with Gasteiger partial charge >= 0.3 is 0 Å². The number of pyridine rings is 2. The molecule has 4 rings (SSSR count). The molecular weight excluding hydrogens is 340 g/mol. The zero-order chi connectivity index (χ0) is 18.5. The molecule has 2 N–H and O–H groups in total. The van der Waals surface area contributed by atoms with Crippen LogP contribution in [-0.4, -0.2) is 15.9 Å². The number of benzene rings is 1. The zero-order valence-corrected chi connectivity index (χ0v) is 14.6. The van der Waals surface area contributed by atoms with E-state index in [9.17, 15) is 4.79 Å². The van der Waals surface area contributed by atoms with Gasteiger partial charge in [0.25, 0.3) is 5.91 Å². The van der Waals surface area contributed by atoms with Crippen LogP contribution in [0.15, 0.2) is 77.7 Å². The quantitative estimate of drug-likeness (QED) is 0.548. The van der Waals surface area contributed by atoms with Crippen LogP contribution in [0.2, 0.25) is 0 Å². The summed E-state index contributed by atoms with van der Waals surface area (Å²) in [6.07, 6.45) is 7.00. The summed E-state index contributed by atoms with van der Waals surface area (Å²) in [5.41, 5.74) is 3.66. The molecule has 4 aromatic rings. The van der Waals surface area contributed by atoms with E-state index in [-0.39, 0.29) is 5.91 Å². The summed E-state index contributed by atoms with van der Waals surface area (Å²) in [6.45, 7) is 1.08. The largest absolute Gasteiger partial charge is 0.451 e. The van der Waals surface area contributed by atoms with Crippen molar-refractivity contribution in [3.8, 4) is 0 Å². The van der Waals surface area contributed by atoms with Gasteiger partial charge in [0.05, 0.1) is 0 Å². The Morgan fingerprint density at radius 1 is 0.926 bits per heavy atom. The van der Waals surface area contributed by atoms with Crippen molar-refractivity contribution in [3.05, 3.63) is 90.2 Å². The van der Waals surface area contributed by atoms with E-state index in [0.29, 0.717) is 24.4 Å². The van der Waals surface area contributed by atoms with Crippen LogP contribution in [0.4, 0.5) is 5.69 Å². The first-order chi connectivity index (χ1) is 13.3. The van der Waals surface area contributed by atoms with E-state index in [1.54, 1.807) is 24.7 Å². The Morgan fingerprint density at radius 3 is 2.37 bits per heavy atom. The normalized spacial score (nSPS) is 10.7. The van der Waals surface area contributed by atoms with Gasteiger partial charge in [0.15, 0.2) is 5.76 Å². The van der Waals surface area contributed by atoms with Crippen LogP contribution in [0, 0.1) is 0 Å². The van der Waals surface area contributed by atoms with Crippen molar-refractivity contribution in [1.82, 2.24) is 15.3 Å². The molecule has 3 heterocycles. The van der Waals surface area contributed by atoms with Gasteiger partial charge in [-0.1, -0.05) is 12.1 Å². The van der Waals surface area contributed by atoms with Gasteiger partial charge in [-0.15, -0.1) is 0 Å². The third kappa shape index (κ3) is 4.12. The lowest BCUT2D eigenvalue weighted by Crippen LogP contribution is -2.22. The van der Waals surface area contributed by atoms with Gasteiger partial charge in [-0.3, -0.25) is 14.8 Å². The number of amides is 1. The Kier molecular flexibility index (Phi) is 4.78. The number of fused-ring (bicyclic) bond motifs is 1. The minimum Gasteiger partial charge on any atom is -0.451 e. The minimum absolute atomic E-state index is 0.250. The highest BCUT2D eigenvalue weighted by molar-refractivity contribution is 5.96. The summed E-state index contributed by atoms with van der Waals surface area (Å²) < 4.78 is 5.67. The second-order valence-electron chi connectivity index (χ2n) is 6.12. The first-order valence-electron chi connectivity index (χ1n) is 8.61. The summed E-state index contributed by atoms with van der Waals surface area (Å²) in [5, 5.41) is 7.06. The van der Waals surface area contributed by atoms with Gasteiger partial charge in [-0.2, -0.15) is 0 Å². The molecule has 134 valence electrons. The van der Waals surface area contributed by atoms with Crippen LogP contribution >= 0.6 is 0 Å². The van der Waals surface area contributed by atoms with Crippen molar-refractivity contribution in [2.45, 2.75) is 13.1 Å². The lowest BCUT2D eigenvalue weighted by molar-refractivity contribution is 0.0925. The smallest absolute Gasteiger partial charge is 0.287 e. The van der Waals surface area contributed by atoms with E-state index in [1.807, 2.05) is 48.7 Å². The molecule has 0 saturated heterocycles. The van der Waals surface area contributed by atoms with Crippen LogP contribution in [0.25, 0.3) is 11.0 Å². The number of nitrogens with zero attached hydrogens (tertiary/aromatic N) is 2. The molecule has 0 aliphatic rings. The van der Waals surface area contributed by atoms with Crippen molar-refractivity contribution in [2.24, 2.45) is 0 Å². The molecule has 6 heteroatoms. The molecular formula is C21H18N4O2. The Hall–Kier alpha value is -3.67. The van der Waals surface area contributed by atoms with Gasteiger partial charge in [-0.05, 0) is 47.5 Å². The Bertz CT molecular complexity index is 1050. The number of hydrogen-bond acceptors (Lipinski definition) is 5. The highest BCUT2D eigenvalue weighted by Gasteiger charge is 2.12. The molecule has 6 nitrogen and oxygen atoms in total. The van der Waals surface area contributed by atoms with E-state index in [2.05, 4.69) is 20.6 Å². The maximum absolute atomic E-state index is 12.3. The third-order valence-electron chi connectivity index (χ3n) is 4.14. The molecule has 0 fully saturated rings. The van der Waals surface area contributed by atoms with Crippen molar-refractivity contribution >= 4 is 22.6 Å². The molecule has 1 aromatic carbocycles. The number of hydrogen-bond donors (Lipinski definition) is 2. The lowest BCUT2D eigenvalue weighted by atomic mass is 10.2. The molecule has 0 saturated carbocycles. The fourth-order valence-corrected chi connectivity index (χ4v) is 2.74. The van der Waals surface area contributed by atoms with Crippen LogP contribution in [0.1, 0.15) is 21.7 Å². The van der Waals surface area contributed by atoms with Crippen molar-refractivity contribution in [3.63, 3.8) is 0 Å². The summed E-state index contributed by atoms with van der Waals surface area (Å²) in [5.74, 6) is 0.0400. The van der Waals surface area contributed by atoms with Crippen LogP contribution < -0.4 is 10.6 Å². The number of carbonyl (C=O) groups is 1. The maximum Gasteiger partial charge on any atom is 0.287 e. The fraction of sp³-hybridized carbons (Fsp3) is 0.0952. The summed E-state index contributed by atoms with van der Waals surface area (Å²) >= 11 is 0. The Morgan fingerprint density at radius 2 is 1.67 bits per heavy atom. The average Bonchev–Trinajstić information content (AvgIpc) is 3.15. The molecule has 0 radical (unpaired) electrons. The molecule has 1 amide bonds. The SMILES string of the molecule is O=C(NCc1cccnc1)c1cc2cc(NCc3cccnc3)ccc2o1. The maximum atomic E-state index is 12.3. The van der Waals surface area contributed by atoms with Gasteiger partial charge < -0.3 is 15.1 Å². The Labute approximate surface area is 156 Å². The highest BCUT2D eigenvalue weighted by Crippen LogP contribution is 2.23. The lowest BCUT2D eigenvalue weighted by Gasteiger charge is -2.05. The van der Waals surface area contributed by atoms with E-state index < -0.39 is 0 Å². The fourth-order valence-electron chi connectivity index (χ4n) is 2.74. The van der Waals surface area contributed by atoms with Gasteiger partial charge in [0, 0.05) is 49.0 Å². The second-order valence-corrected chi connectivity index (χ2v) is 6.12. The van der Waals surface area contributed by atoms with E-state index in [0.717, 1.165) is 22.2 Å². The molecule has 0 unspecified atom stereocenters. The van der Waals surface area contributed by atoms with Crippen molar-refractivity contribution < 1.29 is 9.21 Å². The molecule has 27 heavy (non-hydrogen) atoms. The number of furan rings is 1. The van der Waals surface area contributed by atoms with Crippen LogP contribution in [0.3, 0.4) is 0 Å². The average molecular weight is 358 g/mol. The zero-order valence-electron chi connectivity index (χ0n) is 14.6. The van der Waals surface area contributed by atoms with Gasteiger partial charge in [0.2, 0.25) is 0 Å². The van der Waals surface area contributed by atoms with Gasteiger partial charge in [-0.25, -0.2) is 0 Å².